The number of hydrogen-bond acceptors (Lipinski definition) is 13. The first-order valence-electron chi connectivity index (χ1n) is 9.53. The van der Waals surface area contributed by atoms with Crippen LogP contribution in [0.25, 0.3) is 0 Å². The van der Waals surface area contributed by atoms with Crippen LogP contribution in [0.5, 0.6) is 0 Å². The Morgan fingerprint density at radius 1 is 1.18 bits per heavy atom. The maximum atomic E-state index is 12.1. The van der Waals surface area contributed by atoms with Crippen LogP contribution in [0.3, 0.4) is 0 Å². The zero-order chi connectivity index (χ0) is 23.8. The first-order chi connectivity index (χ1) is 14.9. The summed E-state index contributed by atoms with van der Waals surface area (Å²) in [7, 11) is -5.19. The van der Waals surface area contributed by atoms with Crippen molar-refractivity contribution in [3.63, 3.8) is 0 Å². The Hall–Kier alpha value is -0.893. The minimum atomic E-state index is -5.19. The molecule has 2 aliphatic rings. The predicted octanol–water partition coefficient (Wildman–Crippen LogP) is -7.20. The summed E-state index contributed by atoms with van der Waals surface area (Å²) >= 11 is 0. The van der Waals surface area contributed by atoms with Crippen molar-refractivity contribution in [2.24, 2.45) is 0 Å². The van der Waals surface area contributed by atoms with Crippen LogP contribution in [0.1, 0.15) is 18.2 Å². The standard InChI is InChI=1S/C16H25N2O13P.Li/c1-6-3-18(16(25)17-14(6)24)10-2-7(20)9(29-10)5-28-32(26,27)31-15-13(23)12(22)11(21)8(4-19)30-15;/h3,7-13,15,19-23H,2,4-5H2,1H3,(H,26,27)(H,17,24,25);/q;+1/p-1/t7-,8+,9+,10+,11+,12-,13-,15+;/m0./s1. The fourth-order valence-electron chi connectivity index (χ4n) is 3.31. The smallest absolute Gasteiger partial charge is 0.756 e. The van der Waals surface area contributed by atoms with E-state index < -0.39 is 81.4 Å². The van der Waals surface area contributed by atoms with Gasteiger partial charge in [-0.1, -0.05) is 0 Å². The van der Waals surface area contributed by atoms with Gasteiger partial charge in [-0.2, -0.15) is 0 Å². The van der Waals surface area contributed by atoms with E-state index in [1.54, 1.807) is 0 Å². The van der Waals surface area contributed by atoms with Gasteiger partial charge in [-0.3, -0.25) is 23.4 Å². The number of aryl methyl sites for hydroxylation is 1. The third-order valence-electron chi connectivity index (χ3n) is 5.14. The van der Waals surface area contributed by atoms with Gasteiger partial charge in [0.15, 0.2) is 6.29 Å². The van der Waals surface area contributed by atoms with Gasteiger partial charge in [-0.05, 0) is 6.92 Å². The number of aliphatic hydroxyl groups is 5. The predicted molar refractivity (Wildman–Crippen MR) is 99.0 cm³/mol. The van der Waals surface area contributed by atoms with Crippen LogP contribution in [-0.4, -0.2) is 91.2 Å². The fourth-order valence-corrected chi connectivity index (χ4v) is 4.13. The van der Waals surface area contributed by atoms with E-state index in [4.69, 9.17) is 14.6 Å². The Balaban J connectivity index is 0.00000385. The molecule has 33 heavy (non-hydrogen) atoms. The molecule has 2 fully saturated rings. The molecule has 15 nitrogen and oxygen atoms in total. The molecule has 182 valence electrons. The Kier molecular flexibility index (Phi) is 9.65. The topological polar surface area (TPSA) is 233 Å². The Bertz CT molecular complexity index is 970. The molecule has 0 bridgehead atoms. The van der Waals surface area contributed by atoms with E-state index in [1.807, 2.05) is 0 Å². The van der Waals surface area contributed by atoms with Crippen molar-refractivity contribution in [3.8, 4) is 0 Å². The zero-order valence-corrected chi connectivity index (χ0v) is 18.6. The number of aromatic amines is 1. The third kappa shape index (κ3) is 6.41. The second-order valence-corrected chi connectivity index (χ2v) is 8.82. The molecule has 0 spiro atoms. The maximum absolute atomic E-state index is 12.1. The molecule has 0 aliphatic carbocycles. The van der Waals surface area contributed by atoms with Gasteiger partial charge < -0.3 is 44.4 Å². The third-order valence-corrected chi connectivity index (χ3v) is 6.07. The molecule has 3 heterocycles. The number of hydrogen-bond donors (Lipinski definition) is 6. The molecule has 1 unspecified atom stereocenters. The monoisotopic (exact) mass is 490 g/mol. The number of H-pyrrole nitrogens is 1. The summed E-state index contributed by atoms with van der Waals surface area (Å²) in [6, 6.07) is 0. The molecule has 0 amide bonds. The van der Waals surface area contributed by atoms with Crippen molar-refractivity contribution in [1.29, 1.82) is 0 Å². The number of phosphoric ester groups is 1. The van der Waals surface area contributed by atoms with Crippen LogP contribution < -0.4 is 35.0 Å². The summed E-state index contributed by atoms with van der Waals surface area (Å²) in [4.78, 5) is 37.7. The van der Waals surface area contributed by atoms with E-state index in [2.05, 4.69) is 14.0 Å². The van der Waals surface area contributed by atoms with Gasteiger partial charge in [0.2, 0.25) is 0 Å². The summed E-state index contributed by atoms with van der Waals surface area (Å²) in [5.74, 6) is 0. The fraction of sp³-hybridized carbons (Fsp3) is 0.750. The summed E-state index contributed by atoms with van der Waals surface area (Å²) in [5, 5.41) is 48.5. The normalized spacial score (nSPS) is 36.2. The van der Waals surface area contributed by atoms with Gasteiger partial charge in [0, 0.05) is 18.2 Å². The molecule has 9 atom stereocenters. The minimum absolute atomic E-state index is 0. The van der Waals surface area contributed by atoms with Gasteiger partial charge in [0.1, 0.15) is 36.7 Å². The van der Waals surface area contributed by atoms with Gasteiger partial charge in [-0.25, -0.2) is 4.79 Å². The van der Waals surface area contributed by atoms with Gasteiger partial charge in [-0.15, -0.1) is 0 Å². The van der Waals surface area contributed by atoms with Crippen LogP contribution in [-0.2, 0) is 23.1 Å². The molecule has 1 aromatic rings. The first-order valence-corrected chi connectivity index (χ1v) is 11.0. The van der Waals surface area contributed by atoms with E-state index in [0.29, 0.717) is 0 Å². The Morgan fingerprint density at radius 3 is 2.48 bits per heavy atom. The largest absolute Gasteiger partial charge is 1.00 e. The van der Waals surface area contributed by atoms with Crippen molar-refractivity contribution < 1.29 is 72.4 Å². The molecule has 3 rings (SSSR count). The van der Waals surface area contributed by atoms with Crippen LogP contribution in [0.2, 0.25) is 0 Å². The average Bonchev–Trinajstić information content (AvgIpc) is 3.10. The molecule has 0 aromatic carbocycles. The summed E-state index contributed by atoms with van der Waals surface area (Å²) in [6.07, 6.45) is -11.2. The molecule has 6 N–H and O–H groups in total. The van der Waals surface area contributed by atoms with Gasteiger partial charge in [0.25, 0.3) is 13.4 Å². The SMILES string of the molecule is Cc1cn([C@H]2C[C@H](O)[C@@H](COP(=O)([O-])O[C@H]3O[C@H](CO)[C@@H](O)[C@H](O)[C@@H]3O)O2)c(=O)[nH]c1=O.[Li+]. The zero-order valence-electron chi connectivity index (χ0n) is 17.7. The second-order valence-electron chi connectivity index (χ2n) is 7.46. The van der Waals surface area contributed by atoms with E-state index in [9.17, 15) is 39.5 Å². The number of ether oxygens (including phenoxy) is 2. The van der Waals surface area contributed by atoms with Crippen molar-refractivity contribution in [2.45, 2.75) is 62.5 Å². The molecular formula is C16H24LiN2O13P. The van der Waals surface area contributed by atoms with Crippen LogP contribution in [0, 0.1) is 6.92 Å². The summed E-state index contributed by atoms with van der Waals surface area (Å²) < 4.78 is 32.8. The second kappa shape index (κ2) is 11.2. The summed E-state index contributed by atoms with van der Waals surface area (Å²) in [5.41, 5.74) is -1.14. The number of nitrogens with zero attached hydrogens (tertiary/aromatic N) is 1. The molecule has 2 aliphatic heterocycles. The van der Waals surface area contributed by atoms with Crippen molar-refractivity contribution in [1.82, 2.24) is 9.55 Å². The van der Waals surface area contributed by atoms with Crippen LogP contribution in [0.15, 0.2) is 15.8 Å². The van der Waals surface area contributed by atoms with Gasteiger partial charge in [0.05, 0.1) is 19.3 Å². The minimum Gasteiger partial charge on any atom is -0.756 e. The number of aromatic nitrogens is 2. The summed E-state index contributed by atoms with van der Waals surface area (Å²) in [6.45, 7) is -0.0559. The number of nitrogens with one attached hydrogen (secondary N) is 1. The van der Waals surface area contributed by atoms with Crippen LogP contribution >= 0.6 is 7.82 Å². The van der Waals surface area contributed by atoms with Crippen LogP contribution in [0.4, 0.5) is 0 Å². The van der Waals surface area contributed by atoms with Crippen molar-refractivity contribution in [3.05, 3.63) is 32.6 Å². The van der Waals surface area contributed by atoms with E-state index in [0.717, 1.165) is 4.57 Å². The number of phosphoric acid groups is 1. The first kappa shape index (κ1) is 28.3. The van der Waals surface area contributed by atoms with E-state index in [-0.39, 0.29) is 30.8 Å². The molecule has 0 radical (unpaired) electrons. The van der Waals surface area contributed by atoms with E-state index in [1.165, 1.54) is 13.1 Å². The van der Waals surface area contributed by atoms with Crippen molar-refractivity contribution >= 4 is 7.82 Å². The Labute approximate surface area is 198 Å². The van der Waals surface area contributed by atoms with E-state index >= 15 is 0 Å². The average molecular weight is 490 g/mol. The quantitative estimate of drug-likeness (QED) is 0.154. The molecule has 1 aromatic heterocycles. The van der Waals surface area contributed by atoms with Gasteiger partial charge >= 0.3 is 24.6 Å². The molecule has 17 heteroatoms. The molecule has 0 saturated carbocycles. The maximum Gasteiger partial charge on any atom is 1.00 e. The van der Waals surface area contributed by atoms with Crippen molar-refractivity contribution in [2.75, 3.05) is 13.2 Å². The Morgan fingerprint density at radius 2 is 1.85 bits per heavy atom. The number of rotatable bonds is 7. The molecule has 2 saturated heterocycles. The molecular weight excluding hydrogens is 466 g/mol. The number of aliphatic hydroxyl groups excluding tert-OH is 5.